The average Bonchev–Trinajstić information content (AvgIpc) is 3.01. The van der Waals surface area contributed by atoms with Crippen LogP contribution in [0.1, 0.15) is 45.6 Å². The van der Waals surface area contributed by atoms with Crippen molar-refractivity contribution < 1.29 is 27.5 Å². The van der Waals surface area contributed by atoms with Crippen LogP contribution >= 0.6 is 15.9 Å². The van der Waals surface area contributed by atoms with Gasteiger partial charge in [-0.3, -0.25) is 13.9 Å². The molecule has 1 atom stereocenters. The molecule has 3 aromatic rings. The number of halogens is 1. The Balaban J connectivity index is 2.03. The third kappa shape index (κ3) is 9.21. The van der Waals surface area contributed by atoms with Gasteiger partial charge in [-0.05, 0) is 86.0 Å². The summed E-state index contributed by atoms with van der Waals surface area (Å²) in [6.07, 6.45) is 2.07. The van der Waals surface area contributed by atoms with Crippen molar-refractivity contribution in [1.29, 1.82) is 0 Å². The van der Waals surface area contributed by atoms with Crippen molar-refractivity contribution in [2.24, 2.45) is 0 Å². The summed E-state index contributed by atoms with van der Waals surface area (Å²) in [5.74, 6) is 0.451. The van der Waals surface area contributed by atoms with Crippen LogP contribution < -0.4 is 19.1 Å². The van der Waals surface area contributed by atoms with Crippen LogP contribution in [0.25, 0.3) is 0 Å². The van der Waals surface area contributed by atoms with Crippen LogP contribution in [0.15, 0.2) is 82.2 Å². The second-order valence-corrected chi connectivity index (χ2v) is 12.6. The number of rotatable bonds is 16. The van der Waals surface area contributed by atoms with E-state index in [1.807, 2.05) is 32.9 Å². The number of carbonyl (C=O) groups is 2. The molecule has 0 bridgehead atoms. The summed E-state index contributed by atoms with van der Waals surface area (Å²) in [5, 5.41) is 2.94. The zero-order valence-electron chi connectivity index (χ0n) is 25.1. The first-order valence-corrected chi connectivity index (χ1v) is 16.6. The molecule has 3 rings (SSSR count). The summed E-state index contributed by atoms with van der Waals surface area (Å²) >= 11 is 3.35. The fourth-order valence-electron chi connectivity index (χ4n) is 4.49. The van der Waals surface area contributed by atoms with Crippen LogP contribution in [-0.2, 0) is 26.2 Å². The van der Waals surface area contributed by atoms with Crippen molar-refractivity contribution in [2.75, 3.05) is 31.1 Å². The zero-order valence-corrected chi connectivity index (χ0v) is 27.5. The summed E-state index contributed by atoms with van der Waals surface area (Å²) < 4.78 is 40.6. The van der Waals surface area contributed by atoms with E-state index in [0.717, 1.165) is 27.2 Å². The summed E-state index contributed by atoms with van der Waals surface area (Å²) in [7, 11) is -2.60. The number of ether oxygens (including phenoxy) is 2. The number of nitrogens with one attached hydrogen (secondary N) is 1. The second-order valence-electron chi connectivity index (χ2n) is 9.83. The van der Waals surface area contributed by atoms with Gasteiger partial charge in [0.25, 0.3) is 10.0 Å². The Hall–Kier alpha value is -3.57. The van der Waals surface area contributed by atoms with Crippen LogP contribution in [0.4, 0.5) is 5.69 Å². The third-order valence-electron chi connectivity index (χ3n) is 6.84. The van der Waals surface area contributed by atoms with E-state index in [-0.39, 0.29) is 17.3 Å². The number of amides is 2. The Kier molecular flexibility index (Phi) is 12.9. The molecule has 0 heterocycles. The number of hydrogen-bond acceptors (Lipinski definition) is 6. The standard InChI is InChI=1S/C32H40BrN3O6S/c1-5-8-21-34-32(38)30(6-2)35(22-24-9-15-27(41-4)16-10-24)31(37)23-36(26-13-17-28(18-14-26)42-7-3)43(39,40)29-19-11-25(33)12-20-29/h9-20,30H,5-8,21-23H2,1-4H3,(H,34,38)/t30-/m0/s1. The van der Waals surface area contributed by atoms with Crippen molar-refractivity contribution in [3.8, 4) is 11.5 Å². The predicted octanol–water partition coefficient (Wildman–Crippen LogP) is 5.78. The van der Waals surface area contributed by atoms with Gasteiger partial charge in [-0.2, -0.15) is 0 Å². The van der Waals surface area contributed by atoms with E-state index < -0.39 is 28.5 Å². The number of benzene rings is 3. The molecule has 0 saturated heterocycles. The second kappa shape index (κ2) is 16.3. The van der Waals surface area contributed by atoms with E-state index >= 15 is 0 Å². The molecule has 232 valence electrons. The minimum atomic E-state index is -4.17. The van der Waals surface area contributed by atoms with Gasteiger partial charge in [-0.25, -0.2) is 8.42 Å². The van der Waals surface area contributed by atoms with Crippen LogP contribution in [0.3, 0.4) is 0 Å². The van der Waals surface area contributed by atoms with Gasteiger partial charge in [0.15, 0.2) is 0 Å². The van der Waals surface area contributed by atoms with Crippen LogP contribution in [-0.4, -0.2) is 58.0 Å². The van der Waals surface area contributed by atoms with Gasteiger partial charge in [0.05, 0.1) is 24.3 Å². The summed E-state index contributed by atoms with van der Waals surface area (Å²) in [6.45, 7) is 6.27. The number of nitrogens with zero attached hydrogens (tertiary/aromatic N) is 2. The average molecular weight is 675 g/mol. The lowest BCUT2D eigenvalue weighted by atomic mass is 10.1. The fraction of sp³-hybridized carbons (Fsp3) is 0.375. The SMILES string of the molecule is CCCCNC(=O)[C@H](CC)N(Cc1ccc(OC)cc1)C(=O)CN(c1ccc(OCC)cc1)S(=O)(=O)c1ccc(Br)cc1. The van der Waals surface area contributed by atoms with Crippen molar-refractivity contribution in [2.45, 2.75) is 57.5 Å². The summed E-state index contributed by atoms with van der Waals surface area (Å²) in [4.78, 5) is 29.0. The summed E-state index contributed by atoms with van der Waals surface area (Å²) in [6, 6.07) is 19.2. The van der Waals surface area contributed by atoms with Crippen molar-refractivity contribution in [3.05, 3.63) is 82.8 Å². The van der Waals surface area contributed by atoms with Gasteiger partial charge in [0.2, 0.25) is 11.8 Å². The van der Waals surface area contributed by atoms with E-state index in [4.69, 9.17) is 9.47 Å². The van der Waals surface area contributed by atoms with Gasteiger partial charge < -0.3 is 19.7 Å². The minimum Gasteiger partial charge on any atom is -0.497 e. The van der Waals surface area contributed by atoms with E-state index in [1.54, 1.807) is 55.6 Å². The molecular weight excluding hydrogens is 634 g/mol. The van der Waals surface area contributed by atoms with Crippen LogP contribution in [0.2, 0.25) is 0 Å². The lowest BCUT2D eigenvalue weighted by Crippen LogP contribution is -2.52. The molecule has 0 aliphatic heterocycles. The van der Waals surface area contributed by atoms with Gasteiger partial charge in [0.1, 0.15) is 24.1 Å². The quantitative estimate of drug-likeness (QED) is 0.194. The van der Waals surface area contributed by atoms with Gasteiger partial charge in [-0.15, -0.1) is 0 Å². The predicted molar refractivity (Wildman–Crippen MR) is 172 cm³/mol. The molecule has 1 N–H and O–H groups in total. The van der Waals surface area contributed by atoms with Crippen molar-refractivity contribution in [3.63, 3.8) is 0 Å². The molecule has 0 fully saturated rings. The fourth-order valence-corrected chi connectivity index (χ4v) is 6.17. The normalized spacial score (nSPS) is 11.8. The number of sulfonamides is 1. The molecule has 0 unspecified atom stereocenters. The van der Waals surface area contributed by atoms with Gasteiger partial charge in [-0.1, -0.05) is 48.3 Å². The molecule has 11 heteroatoms. The maximum Gasteiger partial charge on any atom is 0.264 e. The van der Waals surface area contributed by atoms with E-state index in [0.29, 0.717) is 36.8 Å². The van der Waals surface area contributed by atoms with Crippen LogP contribution in [0.5, 0.6) is 11.5 Å². The first-order valence-electron chi connectivity index (χ1n) is 14.4. The van der Waals surface area contributed by atoms with Crippen molar-refractivity contribution in [1.82, 2.24) is 10.2 Å². The lowest BCUT2D eigenvalue weighted by Gasteiger charge is -2.33. The molecule has 0 spiro atoms. The molecule has 0 saturated carbocycles. The highest BCUT2D eigenvalue weighted by molar-refractivity contribution is 9.10. The Labute approximate surface area is 263 Å². The monoisotopic (exact) mass is 673 g/mol. The Bertz CT molecular complexity index is 1430. The Morgan fingerprint density at radius 2 is 1.53 bits per heavy atom. The third-order valence-corrected chi connectivity index (χ3v) is 9.16. The number of unbranched alkanes of at least 4 members (excludes halogenated alkanes) is 1. The highest BCUT2D eigenvalue weighted by atomic mass is 79.9. The van der Waals surface area contributed by atoms with Gasteiger partial charge in [0, 0.05) is 17.6 Å². The van der Waals surface area contributed by atoms with Gasteiger partial charge >= 0.3 is 0 Å². The van der Waals surface area contributed by atoms with E-state index in [9.17, 15) is 18.0 Å². The largest absolute Gasteiger partial charge is 0.497 e. The van der Waals surface area contributed by atoms with E-state index in [2.05, 4.69) is 21.2 Å². The zero-order chi connectivity index (χ0) is 31.4. The topological polar surface area (TPSA) is 105 Å². The lowest BCUT2D eigenvalue weighted by molar-refractivity contribution is -0.140. The maximum absolute atomic E-state index is 14.2. The molecule has 0 radical (unpaired) electrons. The molecule has 0 aromatic heterocycles. The molecule has 0 aliphatic carbocycles. The molecule has 9 nitrogen and oxygen atoms in total. The molecule has 2 amide bonds. The van der Waals surface area contributed by atoms with Crippen molar-refractivity contribution >= 4 is 43.5 Å². The minimum absolute atomic E-state index is 0.0310. The smallest absolute Gasteiger partial charge is 0.264 e. The Morgan fingerprint density at radius 1 is 0.907 bits per heavy atom. The molecule has 3 aromatic carbocycles. The first-order chi connectivity index (χ1) is 20.6. The van der Waals surface area contributed by atoms with Crippen LogP contribution in [0, 0.1) is 0 Å². The Morgan fingerprint density at radius 3 is 2.09 bits per heavy atom. The maximum atomic E-state index is 14.2. The number of anilines is 1. The number of hydrogen-bond donors (Lipinski definition) is 1. The molecular formula is C32H40BrN3O6S. The molecule has 43 heavy (non-hydrogen) atoms. The van der Waals surface area contributed by atoms with E-state index in [1.165, 1.54) is 17.0 Å². The highest BCUT2D eigenvalue weighted by Gasteiger charge is 2.33. The number of methoxy groups -OCH3 is 1. The first kappa shape index (κ1) is 33.9. The molecule has 0 aliphatic rings. The summed E-state index contributed by atoms with van der Waals surface area (Å²) in [5.41, 5.74) is 1.07. The highest BCUT2D eigenvalue weighted by Crippen LogP contribution is 2.28. The number of carbonyl (C=O) groups excluding carboxylic acids is 2.